The number of rotatable bonds is 5. The Morgan fingerprint density at radius 1 is 0.963 bits per heavy atom. The van der Waals surface area contributed by atoms with Gasteiger partial charge in [-0.15, -0.1) is 0 Å². The van der Waals surface area contributed by atoms with Gasteiger partial charge < -0.3 is 5.32 Å². The van der Waals surface area contributed by atoms with E-state index in [0.29, 0.717) is 11.1 Å². The molecule has 10 heteroatoms. The summed E-state index contributed by atoms with van der Waals surface area (Å²) in [7, 11) is 0. The van der Waals surface area contributed by atoms with Crippen molar-refractivity contribution in [3.63, 3.8) is 0 Å². The number of hydrogen-bond acceptors (Lipinski definition) is 6. The van der Waals surface area contributed by atoms with E-state index in [2.05, 4.69) is 5.32 Å². The maximum Gasteiger partial charge on any atom is 0.276 e. The van der Waals surface area contributed by atoms with Gasteiger partial charge >= 0.3 is 0 Å². The number of nitrogens with zero attached hydrogens (tertiary/aromatic N) is 3. The molecule has 27 heavy (non-hydrogen) atoms. The Balaban J connectivity index is 1.76. The molecule has 1 saturated heterocycles. The predicted molar refractivity (Wildman–Crippen MR) is 100 cm³/mol. The van der Waals surface area contributed by atoms with Crippen molar-refractivity contribution in [1.82, 2.24) is 10.2 Å². The van der Waals surface area contributed by atoms with Crippen molar-refractivity contribution in [1.29, 1.82) is 0 Å². The van der Waals surface area contributed by atoms with Gasteiger partial charge in [0.05, 0.1) is 16.4 Å². The number of nitro benzene ring substituents is 2. The number of carbonyl (C=O) groups is 1. The molecule has 2 aromatic carbocycles. The zero-order valence-corrected chi connectivity index (χ0v) is 14.5. The first-order valence-corrected chi connectivity index (χ1v) is 8.08. The Bertz CT molecular complexity index is 970. The first-order chi connectivity index (χ1) is 12.8. The molecule has 136 valence electrons. The lowest BCUT2D eigenvalue weighted by Gasteiger charge is -2.13. The minimum Gasteiger partial charge on any atom is -0.328 e. The molecule has 2 aromatic rings. The summed E-state index contributed by atoms with van der Waals surface area (Å²) in [5, 5.41) is 24.4. The summed E-state index contributed by atoms with van der Waals surface area (Å²) >= 11 is 5.19. The predicted octanol–water partition coefficient (Wildman–Crippen LogP) is 2.76. The van der Waals surface area contributed by atoms with E-state index >= 15 is 0 Å². The van der Waals surface area contributed by atoms with Crippen LogP contribution in [0.5, 0.6) is 0 Å². The lowest BCUT2D eigenvalue weighted by Crippen LogP contribution is -2.29. The smallest absolute Gasteiger partial charge is 0.276 e. The number of non-ortho nitro benzene ring substituents is 2. The summed E-state index contributed by atoms with van der Waals surface area (Å²) in [5.74, 6) is -0.350. The standard InChI is InChI=1S/C17H12N4O5S/c22-16-15(9-11-1-5-13(6-2-11)20(23)24)18-17(27)19(16)10-12-3-7-14(8-4-12)21(25)26/h1-9H,10H2,(H,18,27). The number of nitrogens with one attached hydrogen (secondary N) is 1. The fourth-order valence-corrected chi connectivity index (χ4v) is 2.74. The van der Waals surface area contributed by atoms with E-state index in [-0.39, 0.29) is 34.6 Å². The van der Waals surface area contributed by atoms with Crippen LogP contribution in [-0.2, 0) is 11.3 Å². The van der Waals surface area contributed by atoms with Crippen LogP contribution in [0.4, 0.5) is 11.4 Å². The fraction of sp³-hybridized carbons (Fsp3) is 0.0588. The van der Waals surface area contributed by atoms with Crippen molar-refractivity contribution in [3.05, 3.63) is 85.6 Å². The van der Waals surface area contributed by atoms with Crippen LogP contribution in [-0.4, -0.2) is 25.8 Å². The van der Waals surface area contributed by atoms with Gasteiger partial charge in [0.25, 0.3) is 17.3 Å². The lowest BCUT2D eigenvalue weighted by molar-refractivity contribution is -0.385. The third-order valence-corrected chi connectivity index (χ3v) is 4.19. The number of thiocarbonyl (C=S) groups is 1. The first kappa shape index (κ1) is 18.1. The van der Waals surface area contributed by atoms with E-state index in [1.54, 1.807) is 18.2 Å². The molecule has 1 aliphatic rings. The molecule has 0 saturated carbocycles. The minimum absolute atomic E-state index is 0.0362. The van der Waals surface area contributed by atoms with Gasteiger partial charge in [0.2, 0.25) is 0 Å². The number of hydrogen-bond donors (Lipinski definition) is 1. The van der Waals surface area contributed by atoms with Crippen molar-refractivity contribution in [2.45, 2.75) is 6.54 Å². The van der Waals surface area contributed by atoms with Gasteiger partial charge in [-0.3, -0.25) is 29.9 Å². The molecule has 0 aliphatic carbocycles. The maximum absolute atomic E-state index is 12.6. The Labute approximate surface area is 158 Å². The van der Waals surface area contributed by atoms with E-state index in [0.717, 1.165) is 0 Å². The molecule has 0 radical (unpaired) electrons. The molecule has 0 atom stereocenters. The molecule has 1 aliphatic heterocycles. The van der Waals surface area contributed by atoms with Crippen molar-refractivity contribution >= 4 is 40.7 Å². The molecule has 0 spiro atoms. The summed E-state index contributed by atoms with van der Waals surface area (Å²) in [6, 6.07) is 11.6. The summed E-state index contributed by atoms with van der Waals surface area (Å²) < 4.78 is 0. The number of amides is 1. The molecule has 0 bridgehead atoms. The average molecular weight is 384 g/mol. The van der Waals surface area contributed by atoms with E-state index < -0.39 is 9.85 Å². The zero-order chi connectivity index (χ0) is 19.6. The van der Waals surface area contributed by atoms with Gasteiger partial charge in [-0.05, 0) is 41.6 Å². The normalized spacial score (nSPS) is 15.1. The third kappa shape index (κ3) is 3.96. The van der Waals surface area contributed by atoms with Crippen LogP contribution >= 0.6 is 12.2 Å². The molecule has 3 rings (SSSR count). The van der Waals surface area contributed by atoms with Gasteiger partial charge in [-0.1, -0.05) is 12.1 Å². The average Bonchev–Trinajstić information content (AvgIpc) is 2.90. The van der Waals surface area contributed by atoms with E-state index in [1.807, 2.05) is 0 Å². The topological polar surface area (TPSA) is 119 Å². The summed E-state index contributed by atoms with van der Waals surface area (Å²) in [6.07, 6.45) is 1.55. The molecule has 1 amide bonds. The lowest BCUT2D eigenvalue weighted by atomic mass is 10.1. The highest BCUT2D eigenvalue weighted by molar-refractivity contribution is 7.80. The molecule has 9 nitrogen and oxygen atoms in total. The molecule has 0 aromatic heterocycles. The highest BCUT2D eigenvalue weighted by Gasteiger charge is 2.30. The minimum atomic E-state index is -0.503. The van der Waals surface area contributed by atoms with Gasteiger partial charge in [-0.2, -0.15) is 0 Å². The quantitative estimate of drug-likeness (QED) is 0.364. The second-order valence-corrected chi connectivity index (χ2v) is 6.04. The molecule has 0 unspecified atom stereocenters. The number of nitro groups is 2. The van der Waals surface area contributed by atoms with Crippen LogP contribution in [0, 0.1) is 20.2 Å². The van der Waals surface area contributed by atoms with Crippen LogP contribution in [0.2, 0.25) is 0 Å². The van der Waals surface area contributed by atoms with E-state index in [4.69, 9.17) is 12.2 Å². The van der Waals surface area contributed by atoms with Gasteiger partial charge in [0.1, 0.15) is 5.70 Å². The van der Waals surface area contributed by atoms with E-state index in [9.17, 15) is 25.0 Å². The molecular formula is C17H12N4O5S. The summed E-state index contributed by atoms with van der Waals surface area (Å²) in [6.45, 7) is 0.167. The SMILES string of the molecule is O=C1C(=Cc2ccc([N+](=O)[O-])cc2)NC(=S)N1Cc1ccc([N+](=O)[O-])cc1. The van der Waals surface area contributed by atoms with E-state index in [1.165, 1.54) is 41.3 Å². The second-order valence-electron chi connectivity index (χ2n) is 5.65. The first-order valence-electron chi connectivity index (χ1n) is 7.67. The van der Waals surface area contributed by atoms with Gasteiger partial charge in [0, 0.05) is 24.3 Å². The molecular weight excluding hydrogens is 372 g/mol. The van der Waals surface area contributed by atoms with Crippen molar-refractivity contribution in [2.75, 3.05) is 0 Å². The van der Waals surface area contributed by atoms with Crippen LogP contribution in [0.15, 0.2) is 54.2 Å². The highest BCUT2D eigenvalue weighted by atomic mass is 32.1. The number of benzene rings is 2. The molecule has 1 heterocycles. The van der Waals surface area contributed by atoms with Gasteiger partial charge in [0.15, 0.2) is 5.11 Å². The third-order valence-electron chi connectivity index (χ3n) is 3.87. The monoisotopic (exact) mass is 384 g/mol. The van der Waals surface area contributed by atoms with Crippen molar-refractivity contribution in [3.8, 4) is 0 Å². The summed E-state index contributed by atoms with van der Waals surface area (Å²) in [4.78, 5) is 34.3. The second kappa shape index (κ2) is 7.30. The van der Waals surface area contributed by atoms with Crippen LogP contribution < -0.4 is 5.32 Å². The van der Waals surface area contributed by atoms with Crippen LogP contribution in [0.3, 0.4) is 0 Å². The molecule has 1 N–H and O–H groups in total. The van der Waals surface area contributed by atoms with Crippen molar-refractivity contribution in [2.24, 2.45) is 0 Å². The Hall–Kier alpha value is -3.66. The van der Waals surface area contributed by atoms with Crippen LogP contribution in [0.1, 0.15) is 11.1 Å². The van der Waals surface area contributed by atoms with Crippen LogP contribution in [0.25, 0.3) is 6.08 Å². The summed E-state index contributed by atoms with van der Waals surface area (Å²) in [5.41, 5.74) is 1.46. The number of carbonyl (C=O) groups excluding carboxylic acids is 1. The Kier molecular flexibility index (Phi) is 4.90. The Morgan fingerprint density at radius 2 is 1.48 bits per heavy atom. The van der Waals surface area contributed by atoms with Gasteiger partial charge in [-0.25, -0.2) is 0 Å². The zero-order valence-electron chi connectivity index (χ0n) is 13.7. The fourth-order valence-electron chi connectivity index (χ4n) is 2.48. The highest BCUT2D eigenvalue weighted by Crippen LogP contribution is 2.20. The van der Waals surface area contributed by atoms with Crippen molar-refractivity contribution < 1.29 is 14.6 Å². The largest absolute Gasteiger partial charge is 0.328 e. The maximum atomic E-state index is 12.6. The Morgan fingerprint density at radius 3 is 2.00 bits per heavy atom. The molecule has 1 fully saturated rings.